The number of hydrogen-bond donors (Lipinski definition) is 0. The SMILES string of the molecule is COc1ccc(-c2nc3c(c(N4CCc5ccc(OCC(=O)N(C)C)cc54)n2)C[S+]([O-])C3)cn1. The lowest BCUT2D eigenvalue weighted by Crippen LogP contribution is -2.27. The van der Waals surface area contributed by atoms with Crippen molar-refractivity contribution in [2.45, 2.75) is 17.9 Å². The third kappa shape index (κ3) is 4.26. The van der Waals surface area contributed by atoms with E-state index < -0.39 is 11.2 Å². The molecule has 3 aromatic rings. The molecule has 2 aliphatic rings. The number of amides is 1. The molecule has 9 nitrogen and oxygen atoms in total. The summed E-state index contributed by atoms with van der Waals surface area (Å²) in [7, 11) is 4.97. The van der Waals surface area contributed by atoms with Crippen LogP contribution in [0.1, 0.15) is 16.8 Å². The Morgan fingerprint density at radius 3 is 2.79 bits per heavy atom. The van der Waals surface area contributed by atoms with E-state index in [2.05, 4.69) is 9.88 Å². The van der Waals surface area contributed by atoms with E-state index in [1.165, 1.54) is 10.5 Å². The van der Waals surface area contributed by atoms with E-state index >= 15 is 0 Å². The maximum atomic E-state index is 12.4. The van der Waals surface area contributed by atoms with Gasteiger partial charge in [-0.3, -0.25) is 4.79 Å². The van der Waals surface area contributed by atoms with Crippen LogP contribution in [0.4, 0.5) is 11.5 Å². The Labute approximate surface area is 200 Å². The standard InChI is InChI=1S/C24H25N5O4S/c1-28(2)22(30)12-33-17-6-4-15-8-9-29(20(15)10-17)24-18-13-34(31)14-19(18)26-23(27-24)16-5-7-21(32-3)25-11-16/h4-7,10-11H,8-9,12-14H2,1-3H3. The first kappa shape index (κ1) is 22.4. The first-order valence-corrected chi connectivity index (χ1v) is 12.4. The molecule has 0 saturated carbocycles. The van der Waals surface area contributed by atoms with Gasteiger partial charge in [-0.05, 0) is 35.3 Å². The Balaban J connectivity index is 1.51. The number of pyridine rings is 1. The molecule has 0 spiro atoms. The molecule has 1 unspecified atom stereocenters. The molecule has 2 aromatic heterocycles. The van der Waals surface area contributed by atoms with Crippen LogP contribution in [0.25, 0.3) is 11.4 Å². The van der Waals surface area contributed by atoms with Crippen LogP contribution in [0.2, 0.25) is 0 Å². The van der Waals surface area contributed by atoms with Gasteiger partial charge in [0.25, 0.3) is 5.91 Å². The molecule has 0 N–H and O–H groups in total. The number of likely N-dealkylation sites (N-methyl/N-ethyl adjacent to an activating group) is 1. The summed E-state index contributed by atoms with van der Waals surface area (Å²) in [6.45, 7) is 0.716. The highest BCUT2D eigenvalue weighted by Gasteiger charge is 2.33. The summed E-state index contributed by atoms with van der Waals surface area (Å²) in [5.74, 6) is 3.19. The quantitative estimate of drug-likeness (QED) is 0.497. The lowest BCUT2D eigenvalue weighted by atomic mass is 10.1. The number of methoxy groups -OCH3 is 1. The van der Waals surface area contributed by atoms with Crippen LogP contribution in [0.3, 0.4) is 0 Å². The van der Waals surface area contributed by atoms with Crippen LogP contribution in [-0.2, 0) is 33.9 Å². The van der Waals surface area contributed by atoms with Crippen molar-refractivity contribution in [3.8, 4) is 23.0 Å². The van der Waals surface area contributed by atoms with Crippen molar-refractivity contribution in [3.05, 3.63) is 53.3 Å². The maximum Gasteiger partial charge on any atom is 0.259 e. The highest BCUT2D eigenvalue weighted by Crippen LogP contribution is 2.41. The average Bonchev–Trinajstić information content (AvgIpc) is 3.44. The molecule has 2 aliphatic heterocycles. The van der Waals surface area contributed by atoms with Crippen molar-refractivity contribution in [2.24, 2.45) is 0 Å². The number of carbonyl (C=O) groups is 1. The molecule has 176 valence electrons. The smallest absolute Gasteiger partial charge is 0.259 e. The van der Waals surface area contributed by atoms with E-state index in [9.17, 15) is 9.35 Å². The van der Waals surface area contributed by atoms with Gasteiger partial charge in [-0.25, -0.2) is 15.0 Å². The molecule has 0 aliphatic carbocycles. The second kappa shape index (κ2) is 9.11. The largest absolute Gasteiger partial charge is 0.616 e. The van der Waals surface area contributed by atoms with Gasteiger partial charge in [0, 0.05) is 50.2 Å². The highest BCUT2D eigenvalue weighted by atomic mass is 32.2. The molecule has 0 fully saturated rings. The number of nitrogens with zero attached hydrogens (tertiary/aromatic N) is 5. The normalized spacial score (nSPS) is 16.2. The molecule has 0 saturated heterocycles. The number of benzene rings is 1. The summed E-state index contributed by atoms with van der Waals surface area (Å²) in [6, 6.07) is 9.50. The minimum Gasteiger partial charge on any atom is -0.616 e. The third-order valence-electron chi connectivity index (χ3n) is 5.95. The third-order valence-corrected chi connectivity index (χ3v) is 7.15. The Morgan fingerprint density at radius 2 is 2.06 bits per heavy atom. The number of hydrogen-bond acceptors (Lipinski definition) is 8. The number of fused-ring (bicyclic) bond motifs is 2. The van der Waals surface area contributed by atoms with Crippen LogP contribution in [0.5, 0.6) is 11.6 Å². The van der Waals surface area contributed by atoms with Crippen molar-refractivity contribution >= 4 is 28.6 Å². The Bertz CT molecular complexity index is 1230. The van der Waals surface area contributed by atoms with E-state index in [-0.39, 0.29) is 12.5 Å². The summed E-state index contributed by atoms with van der Waals surface area (Å²) < 4.78 is 23.3. The molecule has 1 atom stereocenters. The zero-order valence-electron chi connectivity index (χ0n) is 19.3. The predicted octanol–water partition coefficient (Wildman–Crippen LogP) is 2.47. The van der Waals surface area contributed by atoms with Crippen LogP contribution >= 0.6 is 0 Å². The molecule has 34 heavy (non-hydrogen) atoms. The first-order chi connectivity index (χ1) is 16.4. The molecule has 10 heteroatoms. The summed E-state index contributed by atoms with van der Waals surface area (Å²) in [4.78, 5) is 29.5. The zero-order chi connectivity index (χ0) is 23.8. The molecule has 5 rings (SSSR count). The van der Waals surface area contributed by atoms with Crippen LogP contribution in [0, 0.1) is 0 Å². The first-order valence-electron chi connectivity index (χ1n) is 10.9. The van der Waals surface area contributed by atoms with Gasteiger partial charge in [0.05, 0.1) is 12.7 Å². The fourth-order valence-electron chi connectivity index (χ4n) is 4.08. The molecular weight excluding hydrogens is 454 g/mol. The lowest BCUT2D eigenvalue weighted by Gasteiger charge is -2.22. The van der Waals surface area contributed by atoms with Gasteiger partial charge in [-0.2, -0.15) is 0 Å². The Kier molecular flexibility index (Phi) is 6.01. The van der Waals surface area contributed by atoms with Gasteiger partial charge in [-0.1, -0.05) is 6.07 Å². The van der Waals surface area contributed by atoms with Crippen molar-refractivity contribution in [1.29, 1.82) is 0 Å². The Morgan fingerprint density at radius 1 is 1.21 bits per heavy atom. The van der Waals surface area contributed by atoms with Gasteiger partial charge >= 0.3 is 0 Å². The average molecular weight is 480 g/mol. The minimum absolute atomic E-state index is 0.0255. The van der Waals surface area contributed by atoms with Gasteiger partial charge in [0.1, 0.15) is 28.8 Å². The molecule has 4 heterocycles. The number of rotatable bonds is 6. The van der Waals surface area contributed by atoms with Gasteiger partial charge in [0.15, 0.2) is 12.4 Å². The minimum atomic E-state index is -1.01. The highest BCUT2D eigenvalue weighted by molar-refractivity contribution is 7.90. The molecular formula is C24H25N5O4S. The van der Waals surface area contributed by atoms with E-state index in [4.69, 9.17) is 19.4 Å². The van der Waals surface area contributed by atoms with Gasteiger partial charge in [-0.15, -0.1) is 0 Å². The van der Waals surface area contributed by atoms with Crippen LogP contribution in [0.15, 0.2) is 36.5 Å². The van der Waals surface area contributed by atoms with E-state index in [0.717, 1.165) is 41.3 Å². The number of aromatic nitrogens is 3. The predicted molar refractivity (Wildman–Crippen MR) is 129 cm³/mol. The van der Waals surface area contributed by atoms with Crippen LogP contribution < -0.4 is 14.4 Å². The van der Waals surface area contributed by atoms with Crippen molar-refractivity contribution < 1.29 is 18.8 Å². The fraction of sp³-hybridized carbons (Fsp3) is 0.333. The summed E-state index contributed by atoms with van der Waals surface area (Å²) in [5, 5.41) is 0. The monoisotopic (exact) mass is 479 g/mol. The number of carbonyl (C=O) groups excluding carboxylic acids is 1. The summed E-state index contributed by atoms with van der Waals surface area (Å²) >= 11 is -1.01. The molecule has 1 amide bonds. The van der Waals surface area contributed by atoms with Gasteiger partial charge in [0.2, 0.25) is 5.88 Å². The second-order valence-electron chi connectivity index (χ2n) is 8.38. The van der Waals surface area contributed by atoms with Gasteiger partial charge < -0.3 is 23.8 Å². The summed E-state index contributed by atoms with van der Waals surface area (Å²) in [5.41, 5.74) is 4.65. The molecule has 0 bridgehead atoms. The van der Waals surface area contributed by atoms with Crippen LogP contribution in [-0.4, -0.2) is 64.7 Å². The van der Waals surface area contributed by atoms with Crippen molar-refractivity contribution in [1.82, 2.24) is 19.9 Å². The molecule has 0 radical (unpaired) electrons. The second-order valence-corrected chi connectivity index (χ2v) is 9.84. The number of ether oxygens (including phenoxy) is 2. The summed E-state index contributed by atoms with van der Waals surface area (Å²) in [6.07, 6.45) is 2.54. The zero-order valence-corrected chi connectivity index (χ0v) is 20.1. The molecule has 1 aromatic carbocycles. The van der Waals surface area contributed by atoms with E-state index in [1.807, 2.05) is 24.3 Å². The topological polar surface area (TPSA) is 104 Å². The lowest BCUT2D eigenvalue weighted by molar-refractivity contribution is -0.130. The fourth-order valence-corrected chi connectivity index (χ4v) is 5.34. The Hall–Kier alpha value is -3.37. The van der Waals surface area contributed by atoms with Crippen molar-refractivity contribution in [2.75, 3.05) is 39.3 Å². The van der Waals surface area contributed by atoms with Crippen molar-refractivity contribution in [3.63, 3.8) is 0 Å². The van der Waals surface area contributed by atoms with E-state index in [0.29, 0.717) is 29.0 Å². The maximum absolute atomic E-state index is 12.4. The number of anilines is 2. The van der Waals surface area contributed by atoms with E-state index in [1.54, 1.807) is 33.5 Å².